The Morgan fingerprint density at radius 1 is 1.33 bits per heavy atom. The third-order valence-corrected chi connectivity index (χ3v) is 3.52. The molecule has 0 fully saturated rings. The molecule has 0 aliphatic heterocycles. The summed E-state index contributed by atoms with van der Waals surface area (Å²) in [5.74, 6) is 0.920. The maximum atomic E-state index is 5.31. The molecule has 1 N–H and O–H groups in total. The molecule has 1 heterocycles. The Morgan fingerprint density at radius 3 is 2.72 bits per heavy atom. The number of hydrogen-bond acceptors (Lipinski definition) is 2. The van der Waals surface area contributed by atoms with Crippen molar-refractivity contribution in [3.05, 3.63) is 30.0 Å². The minimum Gasteiger partial charge on any atom is -0.497 e. The molecule has 0 saturated carbocycles. The zero-order valence-corrected chi connectivity index (χ0v) is 11.7. The van der Waals surface area contributed by atoms with Gasteiger partial charge in [-0.1, -0.05) is 0 Å². The van der Waals surface area contributed by atoms with Gasteiger partial charge >= 0.3 is 0 Å². The van der Waals surface area contributed by atoms with Crippen LogP contribution in [0.15, 0.2) is 24.3 Å². The predicted molar refractivity (Wildman–Crippen MR) is 76.4 cm³/mol. The molecule has 2 aromatic rings. The van der Waals surface area contributed by atoms with Gasteiger partial charge in [0.25, 0.3) is 0 Å². The molecule has 0 amide bonds. The number of likely N-dealkylation sites (N-methyl/N-ethyl adjacent to an activating group) is 1. The molecule has 0 spiro atoms. The van der Waals surface area contributed by atoms with Gasteiger partial charge < -0.3 is 14.6 Å². The van der Waals surface area contributed by atoms with Crippen LogP contribution in [0.1, 0.15) is 19.5 Å². The molecular formula is C15H22N2O. The molecule has 98 valence electrons. The second-order valence-corrected chi connectivity index (χ2v) is 4.70. The van der Waals surface area contributed by atoms with Crippen molar-refractivity contribution in [3.63, 3.8) is 0 Å². The van der Waals surface area contributed by atoms with Crippen LogP contribution >= 0.6 is 0 Å². The maximum Gasteiger partial charge on any atom is 0.120 e. The number of rotatable bonds is 5. The Kier molecular flexibility index (Phi) is 3.92. The van der Waals surface area contributed by atoms with Crippen molar-refractivity contribution >= 4 is 10.9 Å². The van der Waals surface area contributed by atoms with E-state index >= 15 is 0 Å². The summed E-state index contributed by atoms with van der Waals surface area (Å²) >= 11 is 0. The summed E-state index contributed by atoms with van der Waals surface area (Å²) in [5, 5.41) is 4.58. The summed E-state index contributed by atoms with van der Waals surface area (Å²) in [5.41, 5.74) is 2.64. The number of methoxy groups -OCH3 is 1. The molecule has 1 aromatic carbocycles. The van der Waals surface area contributed by atoms with Gasteiger partial charge in [0.15, 0.2) is 0 Å². The molecule has 0 aliphatic rings. The van der Waals surface area contributed by atoms with Crippen LogP contribution in [0.25, 0.3) is 10.9 Å². The van der Waals surface area contributed by atoms with Gasteiger partial charge in [-0.15, -0.1) is 0 Å². The highest BCUT2D eigenvalue weighted by Crippen LogP contribution is 2.25. The molecule has 3 heteroatoms. The quantitative estimate of drug-likeness (QED) is 0.878. The first-order valence-electron chi connectivity index (χ1n) is 6.53. The molecule has 0 bridgehead atoms. The Bertz CT molecular complexity index is 531. The first kappa shape index (κ1) is 13.0. The molecule has 1 unspecified atom stereocenters. The van der Waals surface area contributed by atoms with Crippen LogP contribution in [0.2, 0.25) is 0 Å². The number of hydrogen-bond donors (Lipinski definition) is 1. The topological polar surface area (TPSA) is 26.2 Å². The number of aromatic nitrogens is 1. The van der Waals surface area contributed by atoms with E-state index in [0.717, 1.165) is 18.7 Å². The Morgan fingerprint density at radius 2 is 2.11 bits per heavy atom. The van der Waals surface area contributed by atoms with Crippen molar-refractivity contribution in [3.8, 4) is 5.75 Å². The summed E-state index contributed by atoms with van der Waals surface area (Å²) in [6.45, 7) is 5.38. The van der Waals surface area contributed by atoms with Gasteiger partial charge in [-0.2, -0.15) is 0 Å². The SMILES string of the molecule is CCn1c(CC(C)NC)cc2ccc(OC)cc21. The lowest BCUT2D eigenvalue weighted by Gasteiger charge is -2.13. The standard InChI is InChI=1S/C15H22N2O/c1-5-17-13(8-11(2)16-3)9-12-6-7-14(18-4)10-15(12)17/h6-7,9-11,16H,5,8H2,1-4H3. The second-order valence-electron chi connectivity index (χ2n) is 4.70. The van der Waals surface area contributed by atoms with Crippen LogP contribution in [0, 0.1) is 0 Å². The van der Waals surface area contributed by atoms with Gasteiger partial charge in [-0.05, 0) is 39.1 Å². The van der Waals surface area contributed by atoms with Crippen LogP contribution in [0.3, 0.4) is 0 Å². The van der Waals surface area contributed by atoms with Gasteiger partial charge in [0.1, 0.15) is 5.75 Å². The van der Waals surface area contributed by atoms with Crippen molar-refractivity contribution in [2.45, 2.75) is 32.9 Å². The number of fused-ring (bicyclic) bond motifs is 1. The third-order valence-electron chi connectivity index (χ3n) is 3.52. The summed E-state index contributed by atoms with van der Waals surface area (Å²) < 4.78 is 7.67. The summed E-state index contributed by atoms with van der Waals surface area (Å²) in [7, 11) is 3.72. The molecule has 2 rings (SSSR count). The van der Waals surface area contributed by atoms with Crippen molar-refractivity contribution in [2.24, 2.45) is 0 Å². The maximum absolute atomic E-state index is 5.31. The van der Waals surface area contributed by atoms with Gasteiger partial charge in [0.05, 0.1) is 12.6 Å². The van der Waals surface area contributed by atoms with Crippen LogP contribution in [-0.2, 0) is 13.0 Å². The Labute approximate surface area is 109 Å². The van der Waals surface area contributed by atoms with E-state index in [-0.39, 0.29) is 0 Å². The average Bonchev–Trinajstić information content (AvgIpc) is 2.74. The summed E-state index contributed by atoms with van der Waals surface area (Å²) in [6, 6.07) is 9.04. The van der Waals surface area contributed by atoms with E-state index in [2.05, 4.69) is 41.9 Å². The number of aryl methyl sites for hydroxylation is 1. The highest BCUT2D eigenvalue weighted by atomic mass is 16.5. The van der Waals surface area contributed by atoms with E-state index in [9.17, 15) is 0 Å². The molecular weight excluding hydrogens is 224 g/mol. The van der Waals surface area contributed by atoms with E-state index < -0.39 is 0 Å². The lowest BCUT2D eigenvalue weighted by Crippen LogP contribution is -2.24. The summed E-state index contributed by atoms with van der Waals surface area (Å²) in [6.07, 6.45) is 1.04. The molecule has 3 nitrogen and oxygen atoms in total. The molecule has 0 radical (unpaired) electrons. The van der Waals surface area contributed by atoms with Crippen LogP contribution in [0.4, 0.5) is 0 Å². The van der Waals surface area contributed by atoms with Crippen molar-refractivity contribution < 1.29 is 4.74 Å². The minimum atomic E-state index is 0.488. The lowest BCUT2D eigenvalue weighted by molar-refractivity contribution is 0.415. The van der Waals surface area contributed by atoms with Crippen molar-refractivity contribution in [1.82, 2.24) is 9.88 Å². The predicted octanol–water partition coefficient (Wildman–Crippen LogP) is 2.82. The first-order chi connectivity index (χ1) is 8.69. The average molecular weight is 246 g/mol. The highest BCUT2D eigenvalue weighted by molar-refractivity contribution is 5.82. The van der Waals surface area contributed by atoms with Crippen LogP contribution in [-0.4, -0.2) is 24.8 Å². The highest BCUT2D eigenvalue weighted by Gasteiger charge is 2.10. The van der Waals surface area contributed by atoms with Crippen molar-refractivity contribution in [1.29, 1.82) is 0 Å². The fourth-order valence-corrected chi connectivity index (χ4v) is 2.38. The van der Waals surface area contributed by atoms with E-state index in [0.29, 0.717) is 6.04 Å². The van der Waals surface area contributed by atoms with Crippen molar-refractivity contribution in [2.75, 3.05) is 14.2 Å². The fourth-order valence-electron chi connectivity index (χ4n) is 2.38. The van der Waals surface area contributed by atoms with Crippen LogP contribution < -0.4 is 10.1 Å². The Balaban J connectivity index is 2.47. The largest absolute Gasteiger partial charge is 0.497 e. The number of nitrogens with one attached hydrogen (secondary N) is 1. The van der Waals surface area contributed by atoms with E-state index in [4.69, 9.17) is 4.74 Å². The third kappa shape index (κ3) is 2.36. The fraction of sp³-hybridized carbons (Fsp3) is 0.467. The van der Waals surface area contributed by atoms with Gasteiger partial charge in [0, 0.05) is 36.2 Å². The number of benzene rings is 1. The van der Waals surface area contributed by atoms with Gasteiger partial charge in [-0.25, -0.2) is 0 Å². The molecule has 0 aliphatic carbocycles. The van der Waals surface area contributed by atoms with Gasteiger partial charge in [0.2, 0.25) is 0 Å². The zero-order chi connectivity index (χ0) is 13.1. The van der Waals surface area contributed by atoms with E-state index in [1.54, 1.807) is 7.11 Å². The van der Waals surface area contributed by atoms with Gasteiger partial charge in [-0.3, -0.25) is 0 Å². The lowest BCUT2D eigenvalue weighted by atomic mass is 10.2. The first-order valence-corrected chi connectivity index (χ1v) is 6.53. The minimum absolute atomic E-state index is 0.488. The van der Waals surface area contributed by atoms with E-state index in [1.807, 2.05) is 13.1 Å². The normalized spacial score (nSPS) is 12.9. The molecule has 18 heavy (non-hydrogen) atoms. The smallest absolute Gasteiger partial charge is 0.120 e. The number of ether oxygens (including phenoxy) is 1. The second kappa shape index (κ2) is 5.44. The number of nitrogens with zero attached hydrogens (tertiary/aromatic N) is 1. The summed E-state index contributed by atoms with van der Waals surface area (Å²) in [4.78, 5) is 0. The monoisotopic (exact) mass is 246 g/mol. The van der Waals surface area contributed by atoms with E-state index in [1.165, 1.54) is 16.6 Å². The van der Waals surface area contributed by atoms with Crippen LogP contribution in [0.5, 0.6) is 5.75 Å². The molecule has 0 saturated heterocycles. The Hall–Kier alpha value is -1.48. The zero-order valence-electron chi connectivity index (χ0n) is 11.7. The molecule has 1 atom stereocenters. The molecule has 1 aromatic heterocycles.